The average molecular weight is 914 g/mol. The molecule has 330 valence electrons. The van der Waals surface area contributed by atoms with Gasteiger partial charge in [0.25, 0.3) is 25.8 Å². The summed E-state index contributed by atoms with van der Waals surface area (Å²) >= 11 is 6.22. The number of nitrogens with zero attached hydrogens (tertiary/aromatic N) is 2. The topological polar surface area (TPSA) is 150 Å². The first-order chi connectivity index (χ1) is 29.3. The minimum atomic E-state index is -6.03. The van der Waals surface area contributed by atoms with Gasteiger partial charge in [-0.25, -0.2) is 21.6 Å². The smallest absolute Gasteiger partial charge is 0.456 e. The van der Waals surface area contributed by atoms with Crippen molar-refractivity contribution in [2.75, 3.05) is 63.2 Å². The zero-order valence-electron chi connectivity index (χ0n) is 34.3. The number of piperazine rings is 1. The second kappa shape index (κ2) is 18.0. The summed E-state index contributed by atoms with van der Waals surface area (Å²) in [6.45, 7) is 8.20. The third-order valence-electron chi connectivity index (χ3n) is 11.2. The summed E-state index contributed by atoms with van der Waals surface area (Å²) in [6.07, 6.45) is 4.80. The summed E-state index contributed by atoms with van der Waals surface area (Å²) in [6, 6.07) is 22.0. The van der Waals surface area contributed by atoms with Crippen molar-refractivity contribution in [3.63, 3.8) is 0 Å². The Kier molecular flexibility index (Phi) is 13.0. The molecule has 0 saturated carbocycles. The number of alkyl halides is 3. The fourth-order valence-electron chi connectivity index (χ4n) is 7.83. The first kappa shape index (κ1) is 45.0. The van der Waals surface area contributed by atoms with Crippen LogP contribution in [0.3, 0.4) is 0 Å². The molecule has 2 aliphatic rings. The molecule has 18 heteroatoms. The number of allylic oxidation sites excluding steroid dienone is 1. The van der Waals surface area contributed by atoms with Crippen LogP contribution in [0.25, 0.3) is 16.5 Å². The number of sulfone groups is 1. The van der Waals surface area contributed by atoms with E-state index in [9.17, 15) is 34.8 Å². The minimum absolute atomic E-state index is 0.0172. The number of fused-ring (bicyclic) bond motifs is 1. The van der Waals surface area contributed by atoms with Crippen LogP contribution < -0.4 is 19.7 Å². The number of H-pyrrole nitrogens is 1. The number of amides is 1. The van der Waals surface area contributed by atoms with Crippen molar-refractivity contribution in [2.24, 2.45) is 5.41 Å². The van der Waals surface area contributed by atoms with Crippen molar-refractivity contribution < 1.29 is 44.3 Å². The van der Waals surface area contributed by atoms with Crippen LogP contribution in [0.4, 0.5) is 24.5 Å². The van der Waals surface area contributed by atoms with E-state index in [0.717, 1.165) is 62.2 Å². The number of hydrogen-bond donors (Lipinski definition) is 3. The fourth-order valence-corrected chi connectivity index (χ4v) is 9.98. The molecule has 0 spiro atoms. The Bertz CT molecular complexity index is 2710. The van der Waals surface area contributed by atoms with Crippen LogP contribution in [-0.4, -0.2) is 91.1 Å². The quantitative estimate of drug-likeness (QED) is 0.0923. The molecule has 12 nitrogen and oxygen atoms in total. The van der Waals surface area contributed by atoms with E-state index in [0.29, 0.717) is 35.3 Å². The number of carbonyl (C=O) groups is 1. The number of benzene rings is 4. The monoisotopic (exact) mass is 913 g/mol. The van der Waals surface area contributed by atoms with Gasteiger partial charge >= 0.3 is 5.51 Å². The molecular weight excluding hydrogens is 867 g/mol. The molecule has 2 heterocycles. The van der Waals surface area contributed by atoms with Gasteiger partial charge in [-0.1, -0.05) is 49.2 Å². The van der Waals surface area contributed by atoms with E-state index >= 15 is 0 Å². The van der Waals surface area contributed by atoms with Crippen LogP contribution in [0.2, 0.25) is 5.02 Å². The predicted molar refractivity (Wildman–Crippen MR) is 234 cm³/mol. The molecule has 7 rings (SSSR count). The zero-order chi connectivity index (χ0) is 44.5. The highest BCUT2D eigenvalue weighted by Gasteiger charge is 2.48. The lowest BCUT2D eigenvalue weighted by atomic mass is 9.72. The number of carbonyl (C=O) groups excluding carboxylic acids is 1. The normalized spacial score (nSPS) is 16.4. The molecule has 62 heavy (non-hydrogen) atoms. The molecule has 1 saturated heterocycles. The Morgan fingerprint density at radius 1 is 0.919 bits per heavy atom. The lowest BCUT2D eigenvalue weighted by Gasteiger charge is -2.39. The van der Waals surface area contributed by atoms with Crippen LogP contribution in [0, 0.1) is 5.41 Å². The molecule has 4 aromatic carbocycles. The van der Waals surface area contributed by atoms with Gasteiger partial charge in [-0.15, -0.1) is 0 Å². The summed E-state index contributed by atoms with van der Waals surface area (Å²) < 4.78 is 107. The number of nitrogens with one attached hydrogen (secondary N) is 3. The molecule has 1 aromatic heterocycles. The van der Waals surface area contributed by atoms with Gasteiger partial charge in [0.05, 0.1) is 22.8 Å². The van der Waals surface area contributed by atoms with Crippen molar-refractivity contribution >= 4 is 65.2 Å². The molecule has 1 aliphatic carbocycles. The van der Waals surface area contributed by atoms with Gasteiger partial charge in [-0.3, -0.25) is 9.69 Å². The van der Waals surface area contributed by atoms with Gasteiger partial charge in [-0.05, 0) is 96.5 Å². The summed E-state index contributed by atoms with van der Waals surface area (Å²) in [7, 11) is -9.63. The third kappa shape index (κ3) is 9.92. The Hall–Kier alpha value is -5.07. The van der Waals surface area contributed by atoms with Gasteiger partial charge < -0.3 is 24.7 Å². The van der Waals surface area contributed by atoms with E-state index in [-0.39, 0.29) is 29.9 Å². The van der Waals surface area contributed by atoms with Crippen LogP contribution in [-0.2, 0) is 24.6 Å². The van der Waals surface area contributed by atoms with E-state index in [1.807, 2.05) is 22.9 Å². The number of methoxy groups -OCH3 is 1. The lowest BCUT2D eigenvalue weighted by Crippen LogP contribution is -2.47. The van der Waals surface area contributed by atoms with Crippen molar-refractivity contribution in [1.82, 2.24) is 14.6 Å². The highest BCUT2D eigenvalue weighted by molar-refractivity contribution is 7.92. The molecule has 0 bridgehead atoms. The van der Waals surface area contributed by atoms with Crippen molar-refractivity contribution in [3.8, 4) is 11.5 Å². The molecule has 1 fully saturated rings. The Balaban J connectivity index is 1.14. The highest BCUT2D eigenvalue weighted by Crippen LogP contribution is 2.44. The Morgan fingerprint density at radius 2 is 1.66 bits per heavy atom. The van der Waals surface area contributed by atoms with E-state index in [1.54, 1.807) is 36.5 Å². The number of sulfonamides is 1. The SMILES string of the molecule is COCCNc1ccc(S(=O)(=O)NC(=O)c2ccc(N3CCN(CC4=C(c5ccc(Cl)cc5)CC(C)(C)CC4)CC3)cc2Oc2cccc3[nH]ccc23)cc1S(=O)(=O)C(F)(F)F. The summed E-state index contributed by atoms with van der Waals surface area (Å²) in [5.74, 6) is -0.755. The molecule has 1 aliphatic heterocycles. The largest absolute Gasteiger partial charge is 0.501 e. The number of aromatic amines is 1. The average Bonchev–Trinajstić information content (AvgIpc) is 3.72. The van der Waals surface area contributed by atoms with Gasteiger partial charge in [0, 0.05) is 80.3 Å². The fraction of sp³-hybridized carbons (Fsp3) is 0.341. The first-order valence-corrected chi connectivity index (χ1v) is 23.3. The molecular formula is C44H47ClF3N5O7S2. The standard InChI is InChI=1S/C44H47ClF3N5O7S2/c1-43(2)17-15-30(36(27-43)29-7-9-31(45)10-8-29)28-52-20-22-53(23-21-52)32-11-13-35(40(25-32)60-39-6-4-5-37-34(39)16-18-49-37)42(54)51-62(57,58)33-12-14-38(50-19-24-59-3)41(26-33)61(55,56)44(46,47)48/h4-14,16,18,25-26,49-50H,15,17,19-24,27-28H2,1-3H3,(H,51,54). The molecule has 0 atom stereocenters. The van der Waals surface area contributed by atoms with E-state index in [4.69, 9.17) is 21.1 Å². The third-order valence-corrected chi connectivity index (χ3v) is 14.3. The van der Waals surface area contributed by atoms with Crippen LogP contribution in [0.1, 0.15) is 49.0 Å². The van der Waals surface area contributed by atoms with Crippen molar-refractivity contribution in [3.05, 3.63) is 113 Å². The zero-order valence-corrected chi connectivity index (χ0v) is 36.7. The number of halogens is 4. The van der Waals surface area contributed by atoms with Crippen LogP contribution in [0.15, 0.2) is 106 Å². The second-order valence-electron chi connectivity index (χ2n) is 16.1. The van der Waals surface area contributed by atoms with Gasteiger partial charge in [0.2, 0.25) is 0 Å². The maximum Gasteiger partial charge on any atom is 0.501 e. The first-order valence-electron chi connectivity index (χ1n) is 19.9. The number of ether oxygens (including phenoxy) is 2. The number of aromatic nitrogens is 1. The molecule has 3 N–H and O–H groups in total. The maximum atomic E-state index is 13.9. The number of rotatable bonds is 14. The molecule has 0 radical (unpaired) electrons. The Morgan fingerprint density at radius 3 is 2.37 bits per heavy atom. The highest BCUT2D eigenvalue weighted by atomic mass is 35.5. The van der Waals surface area contributed by atoms with Crippen molar-refractivity contribution in [2.45, 2.75) is 48.4 Å². The van der Waals surface area contributed by atoms with E-state index < -0.39 is 46.8 Å². The molecule has 1 amide bonds. The van der Waals surface area contributed by atoms with E-state index in [1.165, 1.54) is 29.9 Å². The number of anilines is 2. The molecule has 5 aromatic rings. The van der Waals surface area contributed by atoms with Crippen LogP contribution in [0.5, 0.6) is 11.5 Å². The van der Waals surface area contributed by atoms with Crippen molar-refractivity contribution in [1.29, 1.82) is 0 Å². The van der Waals surface area contributed by atoms with Gasteiger partial charge in [0.1, 0.15) is 16.4 Å². The minimum Gasteiger partial charge on any atom is -0.456 e. The summed E-state index contributed by atoms with van der Waals surface area (Å²) in [4.78, 5) is 19.4. The van der Waals surface area contributed by atoms with Crippen LogP contribution >= 0.6 is 11.6 Å². The van der Waals surface area contributed by atoms with Gasteiger partial charge in [-0.2, -0.15) is 13.2 Å². The predicted octanol–water partition coefficient (Wildman–Crippen LogP) is 8.87. The maximum absolute atomic E-state index is 13.9. The second-order valence-corrected chi connectivity index (χ2v) is 20.2. The summed E-state index contributed by atoms with van der Waals surface area (Å²) in [5, 5.41) is 3.92. The Labute approximate surface area is 364 Å². The number of hydrogen-bond acceptors (Lipinski definition) is 10. The summed E-state index contributed by atoms with van der Waals surface area (Å²) in [5.41, 5.74) is -0.775. The molecule has 0 unspecified atom stereocenters. The lowest BCUT2D eigenvalue weighted by molar-refractivity contribution is -0.0435. The van der Waals surface area contributed by atoms with E-state index in [2.05, 4.69) is 46.1 Å². The van der Waals surface area contributed by atoms with Gasteiger partial charge in [0.15, 0.2) is 0 Å².